The van der Waals surface area contributed by atoms with Gasteiger partial charge in [0.1, 0.15) is 5.82 Å². The van der Waals surface area contributed by atoms with Crippen LogP contribution in [0.25, 0.3) is 6.08 Å². The zero-order valence-electron chi connectivity index (χ0n) is 9.84. The molecule has 0 unspecified atom stereocenters. The fourth-order valence-electron chi connectivity index (χ4n) is 1.17. The van der Waals surface area contributed by atoms with Crippen LogP contribution in [0.3, 0.4) is 0 Å². The highest BCUT2D eigenvalue weighted by atomic mass is 79.9. The Morgan fingerprint density at radius 2 is 2.24 bits per heavy atom. The van der Waals surface area contributed by atoms with Gasteiger partial charge in [-0.2, -0.15) is 0 Å². The zero-order chi connectivity index (χ0) is 12.8. The molecule has 0 aromatic heterocycles. The normalized spacial score (nSPS) is 11.1. The van der Waals surface area contributed by atoms with Crippen LogP contribution in [0.4, 0.5) is 4.39 Å². The van der Waals surface area contributed by atoms with Gasteiger partial charge in [-0.3, -0.25) is 4.79 Å². The van der Waals surface area contributed by atoms with E-state index in [1.807, 2.05) is 13.8 Å². The van der Waals surface area contributed by atoms with Crippen molar-refractivity contribution in [1.82, 2.24) is 5.32 Å². The number of hydrogen-bond donors (Lipinski definition) is 1. The van der Waals surface area contributed by atoms with Crippen molar-refractivity contribution < 1.29 is 9.18 Å². The van der Waals surface area contributed by atoms with Crippen molar-refractivity contribution in [2.45, 2.75) is 13.8 Å². The highest BCUT2D eigenvalue weighted by Crippen LogP contribution is 2.16. The van der Waals surface area contributed by atoms with Crippen LogP contribution in [-0.2, 0) is 4.79 Å². The predicted octanol–water partition coefficient (Wildman–Crippen LogP) is 3.37. The minimum Gasteiger partial charge on any atom is -0.352 e. The molecular formula is C13H15BrFNO. The van der Waals surface area contributed by atoms with Crippen molar-refractivity contribution in [3.05, 3.63) is 40.1 Å². The van der Waals surface area contributed by atoms with Gasteiger partial charge >= 0.3 is 0 Å². The van der Waals surface area contributed by atoms with Crippen LogP contribution in [0.2, 0.25) is 0 Å². The number of rotatable bonds is 4. The predicted molar refractivity (Wildman–Crippen MR) is 71.0 cm³/mol. The van der Waals surface area contributed by atoms with Crippen molar-refractivity contribution in [2.24, 2.45) is 5.92 Å². The molecule has 0 aliphatic carbocycles. The van der Waals surface area contributed by atoms with E-state index in [0.29, 0.717) is 18.0 Å². The van der Waals surface area contributed by atoms with E-state index < -0.39 is 0 Å². The lowest BCUT2D eigenvalue weighted by Crippen LogP contribution is -2.25. The Labute approximate surface area is 109 Å². The number of amides is 1. The highest BCUT2D eigenvalue weighted by Gasteiger charge is 2.01. The fourth-order valence-corrected chi connectivity index (χ4v) is 1.55. The molecule has 0 fully saturated rings. The minimum atomic E-state index is -0.346. The number of carbonyl (C=O) groups excluding carboxylic acids is 1. The number of nitrogens with one attached hydrogen (secondary N) is 1. The minimum absolute atomic E-state index is 0.210. The average molecular weight is 300 g/mol. The lowest BCUT2D eigenvalue weighted by molar-refractivity contribution is -0.116. The number of hydrogen-bond acceptors (Lipinski definition) is 1. The van der Waals surface area contributed by atoms with E-state index in [-0.39, 0.29) is 11.7 Å². The Morgan fingerprint density at radius 1 is 1.53 bits per heavy atom. The third-order valence-corrected chi connectivity index (χ3v) is 2.55. The monoisotopic (exact) mass is 299 g/mol. The van der Waals surface area contributed by atoms with Gasteiger partial charge in [-0.05, 0) is 30.2 Å². The molecule has 0 saturated heterocycles. The first-order valence-electron chi connectivity index (χ1n) is 5.40. The third-order valence-electron chi connectivity index (χ3n) is 2.06. The molecule has 0 radical (unpaired) electrons. The molecule has 17 heavy (non-hydrogen) atoms. The van der Waals surface area contributed by atoms with Crippen LogP contribution >= 0.6 is 15.9 Å². The van der Waals surface area contributed by atoms with Crippen LogP contribution in [0.15, 0.2) is 28.7 Å². The summed E-state index contributed by atoms with van der Waals surface area (Å²) >= 11 is 3.25. The quantitative estimate of drug-likeness (QED) is 0.849. The molecule has 0 atom stereocenters. The van der Waals surface area contributed by atoms with Gasteiger partial charge < -0.3 is 5.32 Å². The molecule has 0 saturated carbocycles. The van der Waals surface area contributed by atoms with Crippen molar-refractivity contribution in [2.75, 3.05) is 6.54 Å². The van der Waals surface area contributed by atoms with Gasteiger partial charge in [0.2, 0.25) is 5.91 Å². The summed E-state index contributed by atoms with van der Waals surface area (Å²) in [4.78, 5) is 11.4. The van der Waals surface area contributed by atoms with Gasteiger partial charge in [0.25, 0.3) is 0 Å². The molecule has 0 bridgehead atoms. The Bertz CT molecular complexity index is 429. The molecule has 0 heterocycles. The maximum atomic E-state index is 13.3. The van der Waals surface area contributed by atoms with Crippen molar-refractivity contribution in [3.63, 3.8) is 0 Å². The second-order valence-electron chi connectivity index (χ2n) is 4.14. The zero-order valence-corrected chi connectivity index (χ0v) is 11.4. The van der Waals surface area contributed by atoms with Crippen molar-refractivity contribution >= 4 is 27.9 Å². The Morgan fingerprint density at radius 3 is 2.88 bits per heavy atom. The SMILES string of the molecule is CC(C)CNC(=O)/C=C/c1cc(Br)ccc1F. The first-order chi connectivity index (χ1) is 7.99. The van der Waals surface area contributed by atoms with Crippen molar-refractivity contribution in [3.8, 4) is 0 Å². The molecule has 4 heteroatoms. The van der Waals surface area contributed by atoms with E-state index in [1.165, 1.54) is 18.2 Å². The van der Waals surface area contributed by atoms with Gasteiger partial charge in [0.05, 0.1) is 0 Å². The Kier molecular flexibility index (Phi) is 5.35. The summed E-state index contributed by atoms with van der Waals surface area (Å²) in [6.45, 7) is 4.64. The molecule has 1 aromatic carbocycles. The van der Waals surface area contributed by atoms with Gasteiger partial charge in [-0.1, -0.05) is 29.8 Å². The first kappa shape index (κ1) is 13.9. The molecule has 1 N–H and O–H groups in total. The number of benzene rings is 1. The summed E-state index contributed by atoms with van der Waals surface area (Å²) in [6, 6.07) is 4.60. The van der Waals surface area contributed by atoms with E-state index in [0.717, 1.165) is 4.47 Å². The van der Waals surface area contributed by atoms with E-state index in [9.17, 15) is 9.18 Å². The van der Waals surface area contributed by atoms with Crippen LogP contribution in [0.5, 0.6) is 0 Å². The summed E-state index contributed by atoms with van der Waals surface area (Å²) in [5.74, 6) is -0.158. The standard InChI is InChI=1S/C13H15BrFNO/c1-9(2)8-16-13(17)6-3-10-7-11(14)4-5-12(10)15/h3-7,9H,8H2,1-2H3,(H,16,17)/b6-3+. The maximum absolute atomic E-state index is 13.3. The topological polar surface area (TPSA) is 29.1 Å². The average Bonchev–Trinajstić information content (AvgIpc) is 2.27. The molecule has 0 aliphatic rings. The second kappa shape index (κ2) is 6.55. The van der Waals surface area contributed by atoms with E-state index in [2.05, 4.69) is 21.2 Å². The Balaban J connectivity index is 2.64. The summed E-state index contributed by atoms with van der Waals surface area (Å²) in [6.07, 6.45) is 2.81. The first-order valence-corrected chi connectivity index (χ1v) is 6.19. The molecular weight excluding hydrogens is 285 g/mol. The Hall–Kier alpha value is -1.16. The molecule has 1 aromatic rings. The van der Waals surface area contributed by atoms with Crippen molar-refractivity contribution in [1.29, 1.82) is 0 Å². The number of halogens is 2. The lowest BCUT2D eigenvalue weighted by atomic mass is 10.2. The van der Waals surface area contributed by atoms with E-state index in [1.54, 1.807) is 12.1 Å². The summed E-state index contributed by atoms with van der Waals surface area (Å²) in [7, 11) is 0. The van der Waals surface area contributed by atoms with Crippen LogP contribution < -0.4 is 5.32 Å². The third kappa shape index (κ3) is 5.13. The summed E-state index contributed by atoms with van der Waals surface area (Å²) < 4.78 is 14.1. The molecule has 0 spiro atoms. The molecule has 1 amide bonds. The van der Waals surface area contributed by atoms with Crippen LogP contribution in [0, 0.1) is 11.7 Å². The molecule has 2 nitrogen and oxygen atoms in total. The largest absolute Gasteiger partial charge is 0.352 e. The molecule has 1 rings (SSSR count). The molecule has 92 valence electrons. The van der Waals surface area contributed by atoms with Gasteiger partial charge in [0.15, 0.2) is 0 Å². The summed E-state index contributed by atoms with van der Waals surface area (Å²) in [5.41, 5.74) is 0.388. The van der Waals surface area contributed by atoms with Crippen LogP contribution in [-0.4, -0.2) is 12.5 Å². The smallest absolute Gasteiger partial charge is 0.244 e. The lowest BCUT2D eigenvalue weighted by Gasteiger charge is -2.04. The van der Waals surface area contributed by atoms with Gasteiger partial charge in [0, 0.05) is 22.7 Å². The van der Waals surface area contributed by atoms with Gasteiger partial charge in [-0.25, -0.2) is 4.39 Å². The fraction of sp³-hybridized carbons (Fsp3) is 0.308. The number of carbonyl (C=O) groups is 1. The highest BCUT2D eigenvalue weighted by molar-refractivity contribution is 9.10. The van der Waals surface area contributed by atoms with Crippen LogP contribution in [0.1, 0.15) is 19.4 Å². The molecule has 0 aliphatic heterocycles. The maximum Gasteiger partial charge on any atom is 0.244 e. The van der Waals surface area contributed by atoms with E-state index >= 15 is 0 Å². The summed E-state index contributed by atoms with van der Waals surface area (Å²) in [5, 5.41) is 2.73. The van der Waals surface area contributed by atoms with Gasteiger partial charge in [-0.15, -0.1) is 0 Å². The van der Waals surface area contributed by atoms with E-state index in [4.69, 9.17) is 0 Å². The second-order valence-corrected chi connectivity index (χ2v) is 5.05.